The molecule has 6 nitrogen and oxygen atoms in total. The van der Waals surface area contributed by atoms with Gasteiger partial charge in [-0.05, 0) is 42.7 Å². The Hall–Kier alpha value is -2.31. The van der Waals surface area contributed by atoms with Crippen molar-refractivity contribution in [3.05, 3.63) is 63.7 Å². The average molecular weight is 400 g/mol. The Morgan fingerprint density at radius 1 is 1.07 bits per heavy atom. The van der Waals surface area contributed by atoms with Crippen molar-refractivity contribution in [2.75, 3.05) is 37.6 Å². The number of benzene rings is 1. The molecule has 0 saturated carbocycles. The highest BCUT2D eigenvalue weighted by Crippen LogP contribution is 2.25. The first-order valence-corrected chi connectivity index (χ1v) is 10.3. The smallest absolute Gasteiger partial charge is 0.350 e. The first-order chi connectivity index (χ1) is 13.7. The van der Waals surface area contributed by atoms with Gasteiger partial charge in [0.15, 0.2) is 5.65 Å². The van der Waals surface area contributed by atoms with Crippen molar-refractivity contribution in [2.24, 2.45) is 0 Å². The number of rotatable bonds is 6. The second-order valence-electron chi connectivity index (χ2n) is 7.25. The van der Waals surface area contributed by atoms with Crippen LogP contribution in [0.4, 0.5) is 5.69 Å². The Balaban J connectivity index is 1.28. The van der Waals surface area contributed by atoms with Crippen molar-refractivity contribution in [1.82, 2.24) is 19.1 Å². The Bertz CT molecular complexity index is 1000. The minimum Gasteiger partial charge on any atom is -0.369 e. The molecule has 148 valence electrons. The first-order valence-electron chi connectivity index (χ1n) is 9.95. The normalized spacial score (nSPS) is 15.4. The summed E-state index contributed by atoms with van der Waals surface area (Å²) in [7, 11) is 0. The van der Waals surface area contributed by atoms with E-state index >= 15 is 0 Å². The van der Waals surface area contributed by atoms with Gasteiger partial charge in [-0.1, -0.05) is 30.7 Å². The third-order valence-electron chi connectivity index (χ3n) is 5.49. The van der Waals surface area contributed by atoms with E-state index in [-0.39, 0.29) is 5.69 Å². The van der Waals surface area contributed by atoms with E-state index < -0.39 is 0 Å². The van der Waals surface area contributed by atoms with Crippen molar-refractivity contribution in [2.45, 2.75) is 26.3 Å². The second-order valence-corrected chi connectivity index (χ2v) is 7.65. The van der Waals surface area contributed by atoms with Gasteiger partial charge in [-0.3, -0.25) is 9.30 Å². The van der Waals surface area contributed by atoms with E-state index in [0.717, 1.165) is 50.6 Å². The minimum atomic E-state index is -0.0622. The van der Waals surface area contributed by atoms with Crippen LogP contribution in [0.1, 0.15) is 18.9 Å². The molecule has 3 aromatic rings. The molecule has 1 fully saturated rings. The fraction of sp³-hybridized carbons (Fsp3) is 0.429. The zero-order valence-electron chi connectivity index (χ0n) is 16.2. The lowest BCUT2D eigenvalue weighted by molar-refractivity contribution is 0.248. The van der Waals surface area contributed by atoms with Crippen LogP contribution in [0.15, 0.2) is 47.4 Å². The molecule has 1 saturated heterocycles. The van der Waals surface area contributed by atoms with Crippen molar-refractivity contribution < 1.29 is 0 Å². The lowest BCUT2D eigenvalue weighted by atomic mass is 10.1. The van der Waals surface area contributed by atoms with Crippen LogP contribution in [0.2, 0.25) is 5.02 Å². The molecular weight excluding hydrogens is 374 g/mol. The number of hydrogen-bond donors (Lipinski definition) is 0. The molecule has 1 aliphatic heterocycles. The van der Waals surface area contributed by atoms with Gasteiger partial charge in [-0.2, -0.15) is 0 Å². The maximum atomic E-state index is 12.3. The van der Waals surface area contributed by atoms with Crippen molar-refractivity contribution >= 4 is 22.9 Å². The average Bonchev–Trinajstić information content (AvgIpc) is 3.04. The molecule has 0 atom stereocenters. The molecule has 0 unspecified atom stereocenters. The summed E-state index contributed by atoms with van der Waals surface area (Å²) in [6, 6.07) is 12.0. The fourth-order valence-electron chi connectivity index (χ4n) is 3.81. The molecule has 0 radical (unpaired) electrons. The first kappa shape index (κ1) is 19.0. The Kier molecular flexibility index (Phi) is 5.69. The summed E-state index contributed by atoms with van der Waals surface area (Å²) in [5.74, 6) is 0. The zero-order chi connectivity index (χ0) is 19.5. The highest BCUT2D eigenvalue weighted by atomic mass is 35.5. The van der Waals surface area contributed by atoms with Crippen LogP contribution in [-0.4, -0.2) is 51.8 Å². The van der Waals surface area contributed by atoms with Crippen LogP contribution in [0.25, 0.3) is 5.65 Å². The van der Waals surface area contributed by atoms with Crippen molar-refractivity contribution in [3.63, 3.8) is 0 Å². The number of aryl methyl sites for hydroxylation is 2. The number of pyridine rings is 1. The van der Waals surface area contributed by atoms with E-state index in [1.807, 2.05) is 18.2 Å². The van der Waals surface area contributed by atoms with Crippen LogP contribution in [0.3, 0.4) is 0 Å². The summed E-state index contributed by atoms with van der Waals surface area (Å²) in [6.45, 7) is 7.78. The molecule has 1 aliphatic rings. The molecule has 0 spiro atoms. The van der Waals surface area contributed by atoms with Crippen LogP contribution >= 0.6 is 11.6 Å². The Labute approximate surface area is 169 Å². The van der Waals surface area contributed by atoms with Crippen LogP contribution in [0, 0.1) is 0 Å². The summed E-state index contributed by atoms with van der Waals surface area (Å²) < 4.78 is 3.16. The Morgan fingerprint density at radius 3 is 2.61 bits per heavy atom. The van der Waals surface area contributed by atoms with Gasteiger partial charge in [0.2, 0.25) is 0 Å². The largest absolute Gasteiger partial charge is 0.369 e. The van der Waals surface area contributed by atoms with E-state index in [9.17, 15) is 4.79 Å². The molecule has 1 aromatic carbocycles. The highest BCUT2D eigenvalue weighted by molar-refractivity contribution is 6.31. The van der Waals surface area contributed by atoms with Crippen LogP contribution < -0.4 is 10.6 Å². The number of hydrogen-bond acceptors (Lipinski definition) is 4. The van der Waals surface area contributed by atoms with E-state index in [0.29, 0.717) is 12.2 Å². The van der Waals surface area contributed by atoms with E-state index in [4.69, 9.17) is 11.6 Å². The number of nitrogens with zero attached hydrogens (tertiary/aromatic N) is 5. The van der Waals surface area contributed by atoms with Crippen LogP contribution in [0.5, 0.6) is 0 Å². The maximum Gasteiger partial charge on any atom is 0.350 e. The predicted octanol–water partition coefficient (Wildman–Crippen LogP) is 2.92. The maximum absolute atomic E-state index is 12.3. The lowest BCUT2D eigenvalue weighted by Crippen LogP contribution is -2.46. The Morgan fingerprint density at radius 2 is 1.89 bits per heavy atom. The van der Waals surface area contributed by atoms with Crippen molar-refractivity contribution in [3.8, 4) is 0 Å². The third kappa shape index (κ3) is 3.93. The monoisotopic (exact) mass is 399 g/mol. The van der Waals surface area contributed by atoms with E-state index in [1.165, 1.54) is 11.3 Å². The van der Waals surface area contributed by atoms with E-state index in [2.05, 4.69) is 40.0 Å². The van der Waals surface area contributed by atoms with Gasteiger partial charge in [-0.25, -0.2) is 9.48 Å². The minimum absolute atomic E-state index is 0.0622. The van der Waals surface area contributed by atoms with Gasteiger partial charge >= 0.3 is 5.69 Å². The third-order valence-corrected chi connectivity index (χ3v) is 5.84. The summed E-state index contributed by atoms with van der Waals surface area (Å²) in [4.78, 5) is 17.2. The van der Waals surface area contributed by atoms with Gasteiger partial charge in [0.25, 0.3) is 0 Å². The second kappa shape index (κ2) is 8.37. The molecule has 0 aliphatic carbocycles. The molecule has 28 heavy (non-hydrogen) atoms. The van der Waals surface area contributed by atoms with Gasteiger partial charge < -0.3 is 4.90 Å². The van der Waals surface area contributed by atoms with E-state index in [1.54, 1.807) is 15.3 Å². The topological polar surface area (TPSA) is 45.8 Å². The summed E-state index contributed by atoms with van der Waals surface area (Å²) in [6.07, 6.45) is 3.64. The zero-order valence-corrected chi connectivity index (χ0v) is 17.0. The number of anilines is 1. The lowest BCUT2D eigenvalue weighted by Gasteiger charge is -2.36. The summed E-state index contributed by atoms with van der Waals surface area (Å²) in [5.41, 5.74) is 3.05. The number of aromatic nitrogens is 3. The molecule has 3 heterocycles. The molecule has 4 rings (SSSR count). The quantitative estimate of drug-likeness (QED) is 0.639. The SMILES string of the molecule is CCc1ccc(N2CCN(CCCn3nc4ccccn4c3=O)CC2)cc1Cl. The fourth-order valence-corrected chi connectivity index (χ4v) is 4.12. The summed E-state index contributed by atoms with van der Waals surface area (Å²) in [5, 5.41) is 5.26. The summed E-state index contributed by atoms with van der Waals surface area (Å²) >= 11 is 6.37. The molecule has 7 heteroatoms. The highest BCUT2D eigenvalue weighted by Gasteiger charge is 2.17. The number of piperazine rings is 1. The van der Waals surface area contributed by atoms with Gasteiger partial charge in [-0.15, -0.1) is 5.10 Å². The van der Waals surface area contributed by atoms with Gasteiger partial charge in [0, 0.05) is 56.2 Å². The number of fused-ring (bicyclic) bond motifs is 1. The molecule has 0 N–H and O–H groups in total. The van der Waals surface area contributed by atoms with Crippen molar-refractivity contribution in [1.29, 1.82) is 0 Å². The standard InChI is InChI=1S/C21H26ClN5O/c1-2-17-7-8-18(16-19(17)22)25-14-12-24(13-15-25)9-5-11-27-21(28)26-10-4-3-6-20(26)23-27/h3-4,6-8,10,16H,2,5,9,11-15H2,1H3. The van der Waals surface area contributed by atoms with Gasteiger partial charge in [0.1, 0.15) is 0 Å². The molecular formula is C21H26ClN5O. The molecule has 0 bridgehead atoms. The van der Waals surface area contributed by atoms with Crippen LogP contribution in [-0.2, 0) is 13.0 Å². The molecule has 0 amide bonds. The van der Waals surface area contributed by atoms with Gasteiger partial charge in [0.05, 0.1) is 0 Å². The molecule has 2 aromatic heterocycles. The predicted molar refractivity (Wildman–Crippen MR) is 114 cm³/mol. The number of halogens is 1.